The molecule has 1 nitrogen and oxygen atoms in total. The average Bonchev–Trinajstić information content (AvgIpc) is 2.47. The highest BCUT2D eigenvalue weighted by Crippen LogP contribution is 2.30. The van der Waals surface area contributed by atoms with Gasteiger partial charge in [-0.2, -0.15) is 0 Å². The topological polar surface area (TPSA) is 20.2 Å². The highest BCUT2D eigenvalue weighted by molar-refractivity contribution is 6.42. The molecule has 16 heavy (non-hydrogen) atoms. The lowest BCUT2D eigenvalue weighted by Gasteiger charge is -2.07. The van der Waals surface area contributed by atoms with Gasteiger partial charge in [0.15, 0.2) is 0 Å². The zero-order valence-corrected chi connectivity index (χ0v) is 10.4. The van der Waals surface area contributed by atoms with Gasteiger partial charge in [0.2, 0.25) is 0 Å². The number of hydrogen-bond acceptors (Lipinski definition) is 1. The van der Waals surface area contributed by atoms with E-state index >= 15 is 0 Å². The molecule has 0 radical (unpaired) electrons. The zero-order valence-electron chi connectivity index (χ0n) is 8.92. The van der Waals surface area contributed by atoms with E-state index in [1.807, 2.05) is 18.2 Å². The predicted molar refractivity (Wildman–Crippen MR) is 68.9 cm³/mol. The maximum atomic E-state index is 9.71. The van der Waals surface area contributed by atoms with Crippen molar-refractivity contribution in [2.75, 3.05) is 0 Å². The van der Waals surface area contributed by atoms with Crippen LogP contribution in [0.25, 0.3) is 5.57 Å². The minimum Gasteiger partial charge on any atom is -0.389 e. The van der Waals surface area contributed by atoms with Crippen LogP contribution in [0.2, 0.25) is 10.0 Å². The summed E-state index contributed by atoms with van der Waals surface area (Å²) in [5, 5.41) is 10.8. The first-order valence-electron chi connectivity index (χ1n) is 5.51. The van der Waals surface area contributed by atoms with E-state index in [1.54, 1.807) is 6.07 Å². The predicted octanol–water partition coefficient (Wildman–Crippen LogP) is 4.31. The molecule has 1 atom stereocenters. The Hall–Kier alpha value is -0.500. The minimum atomic E-state index is -0.327. The summed E-state index contributed by atoms with van der Waals surface area (Å²) in [6.07, 6.45) is 5.64. The molecule has 1 N–H and O–H groups in total. The molecule has 0 amide bonds. The maximum absolute atomic E-state index is 9.71. The van der Waals surface area contributed by atoms with Crippen LogP contribution in [-0.2, 0) is 0 Å². The van der Waals surface area contributed by atoms with Crippen molar-refractivity contribution in [1.29, 1.82) is 0 Å². The van der Waals surface area contributed by atoms with Crippen molar-refractivity contribution in [3.8, 4) is 0 Å². The third-order valence-corrected chi connectivity index (χ3v) is 3.62. The molecule has 1 aromatic carbocycles. The van der Waals surface area contributed by atoms with Crippen LogP contribution in [0, 0.1) is 0 Å². The summed E-state index contributed by atoms with van der Waals surface area (Å²) in [6, 6.07) is 5.63. The van der Waals surface area contributed by atoms with E-state index in [1.165, 1.54) is 5.57 Å². The molecular formula is C13H14Cl2O. The first kappa shape index (κ1) is 12.0. The molecule has 0 saturated carbocycles. The molecule has 0 aliphatic heterocycles. The van der Waals surface area contributed by atoms with Crippen LogP contribution in [0.3, 0.4) is 0 Å². The number of halogens is 2. The van der Waals surface area contributed by atoms with Crippen molar-refractivity contribution in [1.82, 2.24) is 0 Å². The fourth-order valence-electron chi connectivity index (χ4n) is 2.00. The molecule has 0 spiro atoms. The van der Waals surface area contributed by atoms with Crippen molar-refractivity contribution in [2.45, 2.75) is 31.8 Å². The van der Waals surface area contributed by atoms with Gasteiger partial charge in [-0.3, -0.25) is 0 Å². The summed E-state index contributed by atoms with van der Waals surface area (Å²) >= 11 is 11.9. The molecular weight excluding hydrogens is 243 g/mol. The number of benzene rings is 1. The first-order chi connectivity index (χ1) is 7.66. The molecule has 0 fully saturated rings. The quantitative estimate of drug-likeness (QED) is 0.794. The summed E-state index contributed by atoms with van der Waals surface area (Å²) in [7, 11) is 0. The third-order valence-electron chi connectivity index (χ3n) is 2.88. The van der Waals surface area contributed by atoms with Gasteiger partial charge in [-0.05, 0) is 42.5 Å². The lowest BCUT2D eigenvalue weighted by molar-refractivity contribution is 0.211. The lowest BCUT2D eigenvalue weighted by atomic mass is 10.0. The molecule has 0 bridgehead atoms. The van der Waals surface area contributed by atoms with Crippen LogP contribution < -0.4 is 0 Å². The second kappa shape index (κ2) is 5.22. The SMILES string of the molecule is OC1C=C(c2ccc(Cl)c(Cl)c2)CCCC1. The maximum Gasteiger partial charge on any atom is 0.0726 e. The normalized spacial score (nSPS) is 21.4. The Morgan fingerprint density at radius 3 is 2.69 bits per heavy atom. The highest BCUT2D eigenvalue weighted by atomic mass is 35.5. The van der Waals surface area contributed by atoms with E-state index in [2.05, 4.69) is 0 Å². The second-order valence-corrected chi connectivity index (χ2v) is 4.95. The fourth-order valence-corrected chi connectivity index (χ4v) is 2.30. The standard InChI is InChI=1S/C13H14Cl2O/c14-12-6-5-10(8-13(12)15)9-3-1-2-4-11(16)7-9/h5-8,11,16H,1-4H2. The van der Waals surface area contributed by atoms with Crippen LogP contribution in [-0.4, -0.2) is 11.2 Å². The van der Waals surface area contributed by atoms with E-state index in [9.17, 15) is 5.11 Å². The van der Waals surface area contributed by atoms with Gasteiger partial charge in [0.1, 0.15) is 0 Å². The van der Waals surface area contributed by atoms with E-state index in [0.29, 0.717) is 10.0 Å². The smallest absolute Gasteiger partial charge is 0.0726 e. The van der Waals surface area contributed by atoms with Gasteiger partial charge in [0.25, 0.3) is 0 Å². The van der Waals surface area contributed by atoms with E-state index < -0.39 is 0 Å². The molecule has 0 saturated heterocycles. The molecule has 1 aromatic rings. The van der Waals surface area contributed by atoms with Crippen molar-refractivity contribution in [3.05, 3.63) is 39.9 Å². The first-order valence-corrected chi connectivity index (χ1v) is 6.26. The van der Waals surface area contributed by atoms with Crippen molar-refractivity contribution in [3.63, 3.8) is 0 Å². The van der Waals surface area contributed by atoms with Crippen LogP contribution >= 0.6 is 23.2 Å². The zero-order chi connectivity index (χ0) is 11.5. The molecule has 1 aliphatic rings. The van der Waals surface area contributed by atoms with Gasteiger partial charge in [-0.25, -0.2) is 0 Å². The van der Waals surface area contributed by atoms with E-state index in [0.717, 1.165) is 31.2 Å². The van der Waals surface area contributed by atoms with Crippen LogP contribution in [0.15, 0.2) is 24.3 Å². The van der Waals surface area contributed by atoms with E-state index in [-0.39, 0.29) is 6.10 Å². The van der Waals surface area contributed by atoms with Crippen LogP contribution in [0.1, 0.15) is 31.2 Å². The summed E-state index contributed by atoms with van der Waals surface area (Å²) in [5.74, 6) is 0. The summed E-state index contributed by atoms with van der Waals surface area (Å²) in [4.78, 5) is 0. The van der Waals surface area contributed by atoms with Gasteiger partial charge in [-0.15, -0.1) is 0 Å². The number of aliphatic hydroxyl groups is 1. The Bertz CT molecular complexity index is 412. The third kappa shape index (κ3) is 2.79. The van der Waals surface area contributed by atoms with Crippen molar-refractivity contribution in [2.24, 2.45) is 0 Å². The Kier molecular flexibility index (Phi) is 3.91. The van der Waals surface area contributed by atoms with Gasteiger partial charge >= 0.3 is 0 Å². The lowest BCUT2D eigenvalue weighted by Crippen LogP contribution is -2.00. The van der Waals surface area contributed by atoms with E-state index in [4.69, 9.17) is 23.2 Å². The average molecular weight is 257 g/mol. The number of aliphatic hydroxyl groups excluding tert-OH is 1. The van der Waals surface area contributed by atoms with Crippen LogP contribution in [0.4, 0.5) is 0 Å². The highest BCUT2D eigenvalue weighted by Gasteiger charge is 2.11. The van der Waals surface area contributed by atoms with Gasteiger partial charge in [0.05, 0.1) is 16.1 Å². The van der Waals surface area contributed by atoms with Gasteiger partial charge in [0, 0.05) is 0 Å². The second-order valence-electron chi connectivity index (χ2n) is 4.13. The molecule has 0 aromatic heterocycles. The van der Waals surface area contributed by atoms with Crippen LogP contribution in [0.5, 0.6) is 0 Å². The van der Waals surface area contributed by atoms with Crippen molar-refractivity contribution < 1.29 is 5.11 Å². The summed E-state index contributed by atoms with van der Waals surface area (Å²) in [6.45, 7) is 0. The monoisotopic (exact) mass is 256 g/mol. The van der Waals surface area contributed by atoms with Gasteiger partial charge < -0.3 is 5.11 Å². The summed E-state index contributed by atoms with van der Waals surface area (Å²) < 4.78 is 0. The largest absolute Gasteiger partial charge is 0.389 e. The Morgan fingerprint density at radius 1 is 1.12 bits per heavy atom. The van der Waals surface area contributed by atoms with Gasteiger partial charge in [-0.1, -0.05) is 41.8 Å². The fraction of sp³-hybridized carbons (Fsp3) is 0.385. The molecule has 1 unspecified atom stereocenters. The molecule has 86 valence electrons. The number of allylic oxidation sites excluding steroid dienone is 1. The Balaban J connectivity index is 2.31. The number of hydrogen-bond donors (Lipinski definition) is 1. The Labute approximate surface area is 106 Å². The molecule has 2 rings (SSSR count). The van der Waals surface area contributed by atoms with Crippen molar-refractivity contribution >= 4 is 28.8 Å². The number of rotatable bonds is 1. The minimum absolute atomic E-state index is 0.327. The molecule has 0 heterocycles. The molecule has 1 aliphatic carbocycles. The Morgan fingerprint density at radius 2 is 1.94 bits per heavy atom. The molecule has 3 heteroatoms. The summed E-state index contributed by atoms with van der Waals surface area (Å²) in [5.41, 5.74) is 2.24.